The molecule has 188 valence electrons. The van der Waals surface area contributed by atoms with E-state index in [0.29, 0.717) is 24.5 Å². The van der Waals surface area contributed by atoms with Crippen LogP contribution in [0, 0.1) is 5.82 Å². The Balaban J connectivity index is 0.00000432. The van der Waals surface area contributed by atoms with Crippen molar-refractivity contribution < 1.29 is 32.5 Å². The molecule has 11 heteroatoms. The zero-order valence-corrected chi connectivity index (χ0v) is 21.0. The molecular formula is C24H24Cl2FNO6S. The normalized spacial score (nSPS) is 11.9. The molecule has 2 N–H and O–H groups in total. The fraction of sp³-hybridized carbons (Fsp3) is 0.208. The fourth-order valence-electron chi connectivity index (χ4n) is 3.09. The van der Waals surface area contributed by atoms with Gasteiger partial charge in [-0.2, -0.15) is 0 Å². The third-order valence-electron chi connectivity index (χ3n) is 4.86. The van der Waals surface area contributed by atoms with Gasteiger partial charge >= 0.3 is 5.97 Å². The van der Waals surface area contributed by atoms with E-state index in [0.717, 1.165) is 30.2 Å². The number of rotatable bonds is 10. The maximum atomic E-state index is 14.2. The lowest BCUT2D eigenvalue weighted by Gasteiger charge is -2.13. The third kappa shape index (κ3) is 7.91. The van der Waals surface area contributed by atoms with Crippen LogP contribution < -0.4 is 10.2 Å². The molecule has 0 saturated heterocycles. The molecule has 35 heavy (non-hydrogen) atoms. The van der Waals surface area contributed by atoms with Crippen molar-refractivity contribution in [1.29, 1.82) is 0 Å². The predicted octanol–water partition coefficient (Wildman–Crippen LogP) is 4.46. The summed E-state index contributed by atoms with van der Waals surface area (Å²) in [4.78, 5) is 19.3. The highest BCUT2D eigenvalue weighted by Crippen LogP contribution is 2.26. The molecule has 1 atom stereocenters. The third-order valence-corrected chi connectivity index (χ3v) is 6.86. The minimum absolute atomic E-state index is 0. The molecule has 0 bridgehead atoms. The summed E-state index contributed by atoms with van der Waals surface area (Å²) in [6.07, 6.45) is -0.0863. The van der Waals surface area contributed by atoms with E-state index < -0.39 is 33.5 Å². The highest BCUT2D eigenvalue weighted by molar-refractivity contribution is 7.91. The van der Waals surface area contributed by atoms with E-state index in [4.69, 9.17) is 11.6 Å². The molecule has 0 aromatic heterocycles. The first-order valence-electron chi connectivity index (χ1n) is 10.3. The van der Waals surface area contributed by atoms with Gasteiger partial charge in [0.05, 0.1) is 15.9 Å². The molecule has 3 rings (SSSR count). The lowest BCUT2D eigenvalue weighted by atomic mass is 10.1. The van der Waals surface area contributed by atoms with E-state index in [-0.39, 0.29) is 22.2 Å². The summed E-state index contributed by atoms with van der Waals surface area (Å²) < 4.78 is 39.8. The summed E-state index contributed by atoms with van der Waals surface area (Å²) >= 11 is 5.94. The maximum Gasteiger partial charge on any atom is 0.352 e. The predicted molar refractivity (Wildman–Crippen MR) is 131 cm³/mol. The molecule has 0 aliphatic rings. The number of hydrogen-bond donors (Lipinski definition) is 2. The molecular weight excluding hydrogens is 520 g/mol. The SMILES string of the molecule is CC(=O)OOc1ccc(S(=O)(=O)c2ccc(CCNC[C@H](O)c3cccc(Cl)c3)cc2)cc1F.Cl. The number of halogens is 3. The van der Waals surface area contributed by atoms with Gasteiger partial charge < -0.3 is 10.4 Å². The van der Waals surface area contributed by atoms with Gasteiger partial charge in [-0.1, -0.05) is 35.9 Å². The maximum absolute atomic E-state index is 14.2. The molecule has 0 aliphatic heterocycles. The number of carbonyl (C=O) groups excluding carboxylic acids is 1. The second-order valence-electron chi connectivity index (χ2n) is 7.42. The summed E-state index contributed by atoms with van der Waals surface area (Å²) in [6, 6.07) is 16.3. The zero-order chi connectivity index (χ0) is 24.7. The molecule has 0 heterocycles. The van der Waals surface area contributed by atoms with E-state index in [2.05, 4.69) is 15.1 Å². The van der Waals surface area contributed by atoms with Gasteiger partial charge in [0.25, 0.3) is 0 Å². The van der Waals surface area contributed by atoms with Gasteiger partial charge in [-0.25, -0.2) is 17.6 Å². The van der Waals surface area contributed by atoms with E-state index in [1.807, 2.05) is 0 Å². The highest BCUT2D eigenvalue weighted by Gasteiger charge is 2.20. The van der Waals surface area contributed by atoms with Crippen LogP contribution in [0.3, 0.4) is 0 Å². The van der Waals surface area contributed by atoms with Crippen LogP contribution in [0.2, 0.25) is 5.02 Å². The van der Waals surface area contributed by atoms with Crippen LogP contribution in [0.4, 0.5) is 4.39 Å². The van der Waals surface area contributed by atoms with Crippen molar-refractivity contribution in [2.24, 2.45) is 0 Å². The Morgan fingerprint density at radius 1 is 1.09 bits per heavy atom. The van der Waals surface area contributed by atoms with E-state index in [1.54, 1.807) is 36.4 Å². The molecule has 0 radical (unpaired) electrons. The van der Waals surface area contributed by atoms with Crippen LogP contribution in [-0.4, -0.2) is 32.6 Å². The van der Waals surface area contributed by atoms with Gasteiger partial charge in [0.1, 0.15) is 0 Å². The van der Waals surface area contributed by atoms with Crippen molar-refractivity contribution >= 4 is 39.8 Å². The van der Waals surface area contributed by atoms with Crippen LogP contribution in [0.5, 0.6) is 5.75 Å². The smallest absolute Gasteiger partial charge is 0.352 e. The minimum atomic E-state index is -3.96. The molecule has 7 nitrogen and oxygen atoms in total. The Bertz CT molecular complexity index is 1260. The summed E-state index contributed by atoms with van der Waals surface area (Å²) in [6.45, 7) is 2.00. The summed E-state index contributed by atoms with van der Waals surface area (Å²) in [5.41, 5.74) is 1.61. The number of hydrogen-bond acceptors (Lipinski definition) is 7. The van der Waals surface area contributed by atoms with E-state index >= 15 is 0 Å². The number of carbonyl (C=O) groups is 1. The minimum Gasteiger partial charge on any atom is -0.387 e. The first-order chi connectivity index (χ1) is 16.2. The standard InChI is InChI=1S/C24H23ClFNO6S.ClH/c1-16(28)32-33-24-10-9-21(14-22(24)26)34(30,31)20-7-5-17(6-8-20)11-12-27-15-23(29)18-3-2-4-19(25)13-18;/h2-10,13-14,23,27,29H,11-12,15H2,1H3;1H/t23-;/m0./s1. The average molecular weight is 544 g/mol. The average Bonchev–Trinajstić information content (AvgIpc) is 2.81. The molecule has 0 unspecified atom stereocenters. The quantitative estimate of drug-likeness (QED) is 0.221. The lowest BCUT2D eigenvalue weighted by molar-refractivity contribution is -0.211. The zero-order valence-electron chi connectivity index (χ0n) is 18.6. The van der Waals surface area contributed by atoms with Crippen molar-refractivity contribution in [3.05, 3.63) is 88.7 Å². The van der Waals surface area contributed by atoms with E-state index in [9.17, 15) is 22.7 Å². The molecule has 3 aromatic carbocycles. The molecule has 0 aliphatic carbocycles. The first-order valence-corrected chi connectivity index (χ1v) is 12.2. The van der Waals surface area contributed by atoms with Crippen LogP contribution >= 0.6 is 24.0 Å². The fourth-order valence-corrected chi connectivity index (χ4v) is 4.57. The van der Waals surface area contributed by atoms with Gasteiger partial charge in [-0.15, -0.1) is 12.4 Å². The van der Waals surface area contributed by atoms with Gasteiger partial charge in [-0.3, -0.25) is 9.78 Å². The van der Waals surface area contributed by atoms with E-state index in [1.165, 1.54) is 18.2 Å². The molecule has 0 saturated carbocycles. The van der Waals surface area contributed by atoms with Gasteiger partial charge in [0.2, 0.25) is 15.6 Å². The summed E-state index contributed by atoms with van der Waals surface area (Å²) in [5.74, 6) is -2.16. The Kier molecular flexibility index (Phi) is 10.5. The van der Waals surface area contributed by atoms with Gasteiger partial charge in [0, 0.05) is 18.5 Å². The largest absolute Gasteiger partial charge is 0.387 e. The Labute approximate surface area is 214 Å². The number of aliphatic hydroxyl groups is 1. The molecule has 0 amide bonds. The van der Waals surface area contributed by atoms with Crippen molar-refractivity contribution in [2.45, 2.75) is 29.2 Å². The Morgan fingerprint density at radius 2 is 1.77 bits per heavy atom. The highest BCUT2D eigenvalue weighted by atomic mass is 35.5. The summed E-state index contributed by atoms with van der Waals surface area (Å²) in [7, 11) is -3.96. The summed E-state index contributed by atoms with van der Waals surface area (Å²) in [5, 5.41) is 13.9. The molecule has 0 fully saturated rings. The van der Waals surface area contributed by atoms with Gasteiger partial charge in [0.15, 0.2) is 5.82 Å². The van der Waals surface area contributed by atoms with Crippen molar-refractivity contribution in [2.75, 3.05) is 13.1 Å². The Hall–Kier alpha value is -2.69. The number of aliphatic hydroxyl groups excluding tert-OH is 1. The van der Waals surface area contributed by atoms with Crippen LogP contribution in [0.1, 0.15) is 24.2 Å². The first kappa shape index (κ1) is 28.5. The van der Waals surface area contributed by atoms with Crippen molar-refractivity contribution in [1.82, 2.24) is 5.32 Å². The van der Waals surface area contributed by atoms with Crippen molar-refractivity contribution in [3.63, 3.8) is 0 Å². The van der Waals surface area contributed by atoms with Crippen LogP contribution in [0.25, 0.3) is 0 Å². The number of benzene rings is 3. The van der Waals surface area contributed by atoms with Gasteiger partial charge in [-0.05, 0) is 66.6 Å². The second kappa shape index (κ2) is 12.9. The van der Waals surface area contributed by atoms with Crippen LogP contribution in [-0.2, 0) is 25.9 Å². The Morgan fingerprint density at radius 3 is 2.40 bits per heavy atom. The van der Waals surface area contributed by atoms with Crippen molar-refractivity contribution in [3.8, 4) is 5.75 Å². The van der Waals surface area contributed by atoms with Crippen LogP contribution in [0.15, 0.2) is 76.5 Å². The second-order valence-corrected chi connectivity index (χ2v) is 9.81. The number of nitrogens with one attached hydrogen (secondary N) is 1. The lowest BCUT2D eigenvalue weighted by Crippen LogP contribution is -2.23. The number of sulfone groups is 1. The molecule has 0 spiro atoms. The molecule has 3 aromatic rings. The monoisotopic (exact) mass is 543 g/mol. The topological polar surface area (TPSA) is 102 Å².